The highest BCUT2D eigenvalue weighted by Crippen LogP contribution is 2.23. The second kappa shape index (κ2) is 6.22. The average molecular weight is 278 g/mol. The Hall–Kier alpha value is -1.32. The number of hydrogen-bond donors (Lipinski definition) is 1. The number of halogens is 1. The quantitative estimate of drug-likeness (QED) is 0.909. The van der Waals surface area contributed by atoms with E-state index in [-0.39, 0.29) is 6.04 Å². The smallest absolute Gasteiger partial charge is 0.110 e. The first-order chi connectivity index (χ1) is 9.11. The maximum atomic E-state index is 6.22. The summed E-state index contributed by atoms with van der Waals surface area (Å²) in [5, 5.41) is 4.32. The number of aryl methyl sites for hydroxylation is 2. The molecule has 0 spiro atoms. The molecule has 0 saturated carbocycles. The van der Waals surface area contributed by atoms with Gasteiger partial charge in [-0.3, -0.25) is 0 Å². The third-order valence-corrected chi connectivity index (χ3v) is 3.76. The van der Waals surface area contributed by atoms with E-state index in [1.165, 1.54) is 5.56 Å². The molecule has 2 aromatic rings. The van der Waals surface area contributed by atoms with Crippen molar-refractivity contribution in [1.29, 1.82) is 0 Å². The summed E-state index contributed by atoms with van der Waals surface area (Å²) in [5.41, 5.74) is 2.32. The number of nitrogens with zero attached hydrogens (tertiary/aromatic N) is 2. The molecule has 0 aliphatic heterocycles. The molecule has 1 atom stereocenters. The molecule has 1 aromatic heterocycles. The SMILES string of the molecule is CCNC(Cc1nccn1C)c1ccc(C)c(Cl)c1. The fourth-order valence-corrected chi connectivity index (χ4v) is 2.34. The number of aromatic nitrogens is 2. The van der Waals surface area contributed by atoms with Crippen LogP contribution in [0.4, 0.5) is 0 Å². The van der Waals surface area contributed by atoms with Crippen LogP contribution in [0.2, 0.25) is 5.02 Å². The number of likely N-dealkylation sites (N-methyl/N-ethyl adjacent to an activating group) is 1. The molecule has 102 valence electrons. The molecule has 0 radical (unpaired) electrons. The molecule has 2 rings (SSSR count). The van der Waals surface area contributed by atoms with Crippen molar-refractivity contribution in [3.05, 3.63) is 52.6 Å². The van der Waals surface area contributed by atoms with E-state index in [0.29, 0.717) is 0 Å². The van der Waals surface area contributed by atoms with Gasteiger partial charge in [0.2, 0.25) is 0 Å². The molecule has 1 aromatic carbocycles. The monoisotopic (exact) mass is 277 g/mol. The van der Waals surface area contributed by atoms with Gasteiger partial charge in [0.15, 0.2) is 0 Å². The van der Waals surface area contributed by atoms with Crippen LogP contribution in [0.15, 0.2) is 30.6 Å². The zero-order chi connectivity index (χ0) is 13.8. The minimum absolute atomic E-state index is 0.240. The van der Waals surface area contributed by atoms with E-state index in [0.717, 1.165) is 29.4 Å². The number of hydrogen-bond acceptors (Lipinski definition) is 2. The highest BCUT2D eigenvalue weighted by atomic mass is 35.5. The molecule has 0 aliphatic carbocycles. The molecular formula is C15H20ClN3. The number of benzene rings is 1. The topological polar surface area (TPSA) is 29.9 Å². The first-order valence-electron chi connectivity index (χ1n) is 6.57. The molecule has 19 heavy (non-hydrogen) atoms. The van der Waals surface area contributed by atoms with E-state index in [2.05, 4.69) is 33.9 Å². The minimum Gasteiger partial charge on any atom is -0.338 e. The Kier molecular flexibility index (Phi) is 4.61. The summed E-state index contributed by atoms with van der Waals surface area (Å²) < 4.78 is 2.06. The first kappa shape index (κ1) is 14.1. The van der Waals surface area contributed by atoms with Crippen LogP contribution in [0.25, 0.3) is 0 Å². The van der Waals surface area contributed by atoms with Crippen molar-refractivity contribution in [3.8, 4) is 0 Å². The zero-order valence-electron chi connectivity index (χ0n) is 11.7. The van der Waals surface area contributed by atoms with Crippen LogP contribution in [0.1, 0.15) is 29.9 Å². The molecule has 0 bridgehead atoms. The molecule has 3 nitrogen and oxygen atoms in total. The Morgan fingerprint density at radius 2 is 2.21 bits per heavy atom. The number of rotatable bonds is 5. The molecule has 1 unspecified atom stereocenters. The summed E-state index contributed by atoms with van der Waals surface area (Å²) in [7, 11) is 2.02. The van der Waals surface area contributed by atoms with Gasteiger partial charge in [-0.2, -0.15) is 0 Å². The third kappa shape index (κ3) is 3.37. The van der Waals surface area contributed by atoms with Crippen molar-refractivity contribution in [2.45, 2.75) is 26.3 Å². The van der Waals surface area contributed by atoms with Gasteiger partial charge >= 0.3 is 0 Å². The van der Waals surface area contributed by atoms with Gasteiger partial charge in [-0.25, -0.2) is 4.98 Å². The van der Waals surface area contributed by atoms with Crippen LogP contribution in [-0.4, -0.2) is 16.1 Å². The maximum Gasteiger partial charge on any atom is 0.110 e. The standard InChI is InChI=1S/C15H20ClN3/c1-4-17-14(10-15-18-7-8-19(15)3)12-6-5-11(2)13(16)9-12/h5-9,14,17H,4,10H2,1-3H3. The van der Waals surface area contributed by atoms with Gasteiger partial charge in [-0.1, -0.05) is 30.7 Å². The fourth-order valence-electron chi connectivity index (χ4n) is 2.16. The Bertz CT molecular complexity index is 548. The summed E-state index contributed by atoms with van der Waals surface area (Å²) in [6.07, 6.45) is 4.66. The second-order valence-electron chi connectivity index (χ2n) is 4.78. The Labute approximate surface area is 119 Å². The Balaban J connectivity index is 2.24. The molecule has 0 amide bonds. The summed E-state index contributed by atoms with van der Waals surface area (Å²) >= 11 is 6.22. The van der Waals surface area contributed by atoms with Gasteiger partial charge in [0, 0.05) is 36.9 Å². The largest absolute Gasteiger partial charge is 0.338 e. The summed E-state index contributed by atoms with van der Waals surface area (Å²) in [6.45, 7) is 5.05. The molecule has 1 heterocycles. The molecule has 0 saturated heterocycles. The van der Waals surface area contributed by atoms with E-state index in [1.54, 1.807) is 0 Å². The van der Waals surface area contributed by atoms with Gasteiger partial charge in [0.05, 0.1) is 0 Å². The first-order valence-corrected chi connectivity index (χ1v) is 6.95. The molecule has 0 aliphatic rings. The van der Waals surface area contributed by atoms with Crippen molar-refractivity contribution < 1.29 is 0 Å². The van der Waals surface area contributed by atoms with E-state index < -0.39 is 0 Å². The Morgan fingerprint density at radius 1 is 1.42 bits per heavy atom. The van der Waals surface area contributed by atoms with Crippen LogP contribution < -0.4 is 5.32 Å². The van der Waals surface area contributed by atoms with Gasteiger partial charge in [0.25, 0.3) is 0 Å². The van der Waals surface area contributed by atoms with E-state index in [1.807, 2.05) is 32.4 Å². The summed E-state index contributed by atoms with van der Waals surface area (Å²) in [6, 6.07) is 6.50. The lowest BCUT2D eigenvalue weighted by atomic mass is 10.0. The summed E-state index contributed by atoms with van der Waals surface area (Å²) in [4.78, 5) is 4.39. The van der Waals surface area contributed by atoms with E-state index in [4.69, 9.17) is 11.6 Å². The van der Waals surface area contributed by atoms with Gasteiger partial charge in [0.1, 0.15) is 5.82 Å². The predicted molar refractivity (Wildman–Crippen MR) is 79.5 cm³/mol. The Morgan fingerprint density at radius 3 is 2.79 bits per heavy atom. The zero-order valence-corrected chi connectivity index (χ0v) is 12.4. The normalized spacial score (nSPS) is 12.6. The molecule has 1 N–H and O–H groups in total. The van der Waals surface area contributed by atoms with E-state index in [9.17, 15) is 0 Å². The van der Waals surface area contributed by atoms with Crippen molar-refractivity contribution in [2.24, 2.45) is 7.05 Å². The van der Waals surface area contributed by atoms with Crippen molar-refractivity contribution >= 4 is 11.6 Å². The second-order valence-corrected chi connectivity index (χ2v) is 5.18. The fraction of sp³-hybridized carbons (Fsp3) is 0.400. The lowest BCUT2D eigenvalue weighted by molar-refractivity contribution is 0.529. The van der Waals surface area contributed by atoms with Crippen LogP contribution in [0.5, 0.6) is 0 Å². The van der Waals surface area contributed by atoms with Gasteiger partial charge in [-0.15, -0.1) is 0 Å². The van der Waals surface area contributed by atoms with Gasteiger partial charge in [-0.05, 0) is 30.7 Å². The highest BCUT2D eigenvalue weighted by Gasteiger charge is 2.14. The molecule has 0 fully saturated rings. The van der Waals surface area contributed by atoms with Crippen molar-refractivity contribution in [2.75, 3.05) is 6.54 Å². The molecular weight excluding hydrogens is 258 g/mol. The van der Waals surface area contributed by atoms with E-state index >= 15 is 0 Å². The minimum atomic E-state index is 0.240. The van der Waals surface area contributed by atoms with Gasteiger partial charge < -0.3 is 9.88 Å². The van der Waals surface area contributed by atoms with Crippen LogP contribution >= 0.6 is 11.6 Å². The highest BCUT2D eigenvalue weighted by molar-refractivity contribution is 6.31. The predicted octanol–water partition coefficient (Wildman–Crippen LogP) is 3.28. The average Bonchev–Trinajstić information content (AvgIpc) is 2.78. The maximum absolute atomic E-state index is 6.22. The van der Waals surface area contributed by atoms with Crippen LogP contribution in [-0.2, 0) is 13.5 Å². The lowest BCUT2D eigenvalue weighted by Crippen LogP contribution is -2.24. The number of imidazole rings is 1. The molecule has 4 heteroatoms. The third-order valence-electron chi connectivity index (χ3n) is 3.36. The summed E-state index contributed by atoms with van der Waals surface area (Å²) in [5.74, 6) is 1.07. The van der Waals surface area contributed by atoms with Crippen molar-refractivity contribution in [3.63, 3.8) is 0 Å². The lowest BCUT2D eigenvalue weighted by Gasteiger charge is -2.19. The van der Waals surface area contributed by atoms with Crippen LogP contribution in [0.3, 0.4) is 0 Å². The number of nitrogens with one attached hydrogen (secondary N) is 1. The van der Waals surface area contributed by atoms with Crippen LogP contribution in [0, 0.1) is 6.92 Å². The van der Waals surface area contributed by atoms with Crippen molar-refractivity contribution in [1.82, 2.24) is 14.9 Å².